The number of pyridine rings is 1. The van der Waals surface area contributed by atoms with Crippen LogP contribution >= 0.6 is 0 Å². The molecule has 2 aromatic heterocycles. The average molecular weight is 392 g/mol. The van der Waals surface area contributed by atoms with Crippen LogP contribution in [0, 0.1) is 6.92 Å². The van der Waals surface area contributed by atoms with Gasteiger partial charge >= 0.3 is 5.97 Å². The van der Waals surface area contributed by atoms with E-state index < -0.39 is 11.5 Å². The van der Waals surface area contributed by atoms with Crippen molar-refractivity contribution in [3.05, 3.63) is 69.8 Å². The molecule has 0 atom stereocenters. The maximum absolute atomic E-state index is 13.0. The van der Waals surface area contributed by atoms with Gasteiger partial charge in [0.05, 0.1) is 23.0 Å². The van der Waals surface area contributed by atoms with Crippen LogP contribution in [0.3, 0.4) is 0 Å². The van der Waals surface area contributed by atoms with E-state index in [0.29, 0.717) is 23.5 Å². The van der Waals surface area contributed by atoms with Gasteiger partial charge in [-0.25, -0.2) is 9.48 Å². The van der Waals surface area contributed by atoms with E-state index in [0.717, 1.165) is 5.56 Å². The number of aromatic nitrogens is 3. The van der Waals surface area contributed by atoms with Gasteiger partial charge in [-0.3, -0.25) is 14.6 Å². The number of nitrogens with zero attached hydrogens (tertiary/aromatic N) is 3. The molecule has 0 aliphatic rings. The van der Waals surface area contributed by atoms with E-state index in [9.17, 15) is 14.4 Å². The summed E-state index contributed by atoms with van der Waals surface area (Å²) in [4.78, 5) is 40.7. The van der Waals surface area contributed by atoms with Crippen LogP contribution < -0.4 is 10.9 Å². The van der Waals surface area contributed by atoms with Gasteiger partial charge in [-0.05, 0) is 44.5 Å². The largest absolute Gasteiger partial charge is 0.478 e. The summed E-state index contributed by atoms with van der Waals surface area (Å²) in [5.41, 5.74) is 2.26. The van der Waals surface area contributed by atoms with E-state index in [-0.39, 0.29) is 22.6 Å². The van der Waals surface area contributed by atoms with Crippen molar-refractivity contribution >= 4 is 23.1 Å². The number of hydrogen-bond donors (Lipinski definition) is 2. The summed E-state index contributed by atoms with van der Waals surface area (Å²) in [5, 5.41) is 16.5. The number of rotatable bonds is 6. The first-order valence-electron chi connectivity index (χ1n) is 9.00. The van der Waals surface area contributed by atoms with Gasteiger partial charge < -0.3 is 10.4 Å². The zero-order valence-corrected chi connectivity index (χ0v) is 16.3. The highest BCUT2D eigenvalue weighted by Gasteiger charge is 2.22. The van der Waals surface area contributed by atoms with Crippen LogP contribution in [-0.2, 0) is 6.54 Å². The molecule has 2 N–H and O–H groups in total. The Morgan fingerprint density at radius 1 is 1.17 bits per heavy atom. The van der Waals surface area contributed by atoms with Crippen molar-refractivity contribution in [2.45, 2.75) is 27.3 Å². The number of Topliss-reactive ketones (excluding diaryl/α,β-unsaturated/α-hetero) is 1. The van der Waals surface area contributed by atoms with E-state index in [1.54, 1.807) is 37.5 Å². The third-order valence-electron chi connectivity index (χ3n) is 4.51. The quantitative estimate of drug-likeness (QED) is 0.619. The predicted molar refractivity (Wildman–Crippen MR) is 109 cm³/mol. The number of aryl methyl sites for hydroxylation is 2. The SMILES string of the molecule is CCn1nc(-c2ccc(C(=O)O)cc2)c(C(C)=O)c(Nc2cnccc2C)c1=O. The fourth-order valence-corrected chi connectivity index (χ4v) is 2.95. The second-order valence-electron chi connectivity index (χ2n) is 6.47. The van der Waals surface area contributed by atoms with E-state index in [1.807, 2.05) is 6.92 Å². The number of nitrogens with one attached hydrogen (secondary N) is 1. The molecule has 0 aliphatic heterocycles. The molecular formula is C21H20N4O4. The number of ketones is 1. The molecule has 0 saturated heterocycles. The first-order valence-corrected chi connectivity index (χ1v) is 9.00. The average Bonchev–Trinajstić information content (AvgIpc) is 2.70. The Kier molecular flexibility index (Phi) is 5.54. The Labute approximate surface area is 166 Å². The Hall–Kier alpha value is -3.81. The highest BCUT2D eigenvalue weighted by atomic mass is 16.4. The molecule has 3 rings (SSSR count). The van der Waals surface area contributed by atoms with Crippen molar-refractivity contribution < 1.29 is 14.7 Å². The fraction of sp³-hybridized carbons (Fsp3) is 0.190. The van der Waals surface area contributed by atoms with Crippen LogP contribution in [0.1, 0.15) is 40.1 Å². The van der Waals surface area contributed by atoms with Crippen molar-refractivity contribution in [1.29, 1.82) is 0 Å². The van der Waals surface area contributed by atoms with Gasteiger partial charge in [0.15, 0.2) is 5.78 Å². The lowest BCUT2D eigenvalue weighted by atomic mass is 10.0. The molecule has 0 spiro atoms. The van der Waals surface area contributed by atoms with Crippen molar-refractivity contribution in [3.63, 3.8) is 0 Å². The monoisotopic (exact) mass is 392 g/mol. The van der Waals surface area contributed by atoms with Gasteiger partial charge in [0.25, 0.3) is 5.56 Å². The van der Waals surface area contributed by atoms with Gasteiger partial charge in [0.1, 0.15) is 11.4 Å². The molecule has 0 radical (unpaired) electrons. The van der Waals surface area contributed by atoms with Crippen molar-refractivity contribution in [2.75, 3.05) is 5.32 Å². The molecule has 2 heterocycles. The zero-order valence-electron chi connectivity index (χ0n) is 16.3. The summed E-state index contributed by atoms with van der Waals surface area (Å²) in [6.45, 7) is 5.31. The minimum atomic E-state index is -1.05. The van der Waals surface area contributed by atoms with Crippen molar-refractivity contribution in [2.24, 2.45) is 0 Å². The van der Waals surface area contributed by atoms with Gasteiger partial charge in [-0.15, -0.1) is 0 Å². The normalized spacial score (nSPS) is 10.6. The number of carbonyl (C=O) groups is 2. The molecule has 0 saturated carbocycles. The maximum Gasteiger partial charge on any atom is 0.335 e. The molecule has 0 unspecified atom stereocenters. The molecular weight excluding hydrogens is 372 g/mol. The third kappa shape index (κ3) is 3.91. The summed E-state index contributed by atoms with van der Waals surface area (Å²) in [5.74, 6) is -1.39. The zero-order chi connectivity index (χ0) is 21.1. The summed E-state index contributed by atoms with van der Waals surface area (Å²) in [6, 6.07) is 7.80. The molecule has 3 aromatic rings. The van der Waals surface area contributed by atoms with Crippen molar-refractivity contribution in [1.82, 2.24) is 14.8 Å². The minimum Gasteiger partial charge on any atom is -0.478 e. The standard InChI is InChI=1S/C21H20N4O4/c1-4-25-20(27)19(23-16-11-22-10-9-12(16)2)17(13(3)26)18(24-25)14-5-7-15(8-6-14)21(28)29/h5-11,23H,4H2,1-3H3,(H,28,29). The highest BCUT2D eigenvalue weighted by molar-refractivity contribution is 6.05. The van der Waals surface area contributed by atoms with E-state index in [4.69, 9.17) is 5.11 Å². The second-order valence-corrected chi connectivity index (χ2v) is 6.47. The van der Waals surface area contributed by atoms with Crippen LogP contribution in [0.4, 0.5) is 11.4 Å². The molecule has 148 valence electrons. The van der Waals surface area contributed by atoms with Gasteiger partial charge in [-0.2, -0.15) is 5.10 Å². The number of anilines is 2. The molecule has 29 heavy (non-hydrogen) atoms. The lowest BCUT2D eigenvalue weighted by molar-refractivity contribution is 0.0696. The molecule has 1 aromatic carbocycles. The number of carbonyl (C=O) groups excluding carboxylic acids is 1. The molecule has 0 aliphatic carbocycles. The molecule has 8 nitrogen and oxygen atoms in total. The van der Waals surface area contributed by atoms with Gasteiger partial charge in [-0.1, -0.05) is 12.1 Å². The number of benzene rings is 1. The van der Waals surface area contributed by atoms with Crippen LogP contribution in [0.25, 0.3) is 11.3 Å². The smallest absolute Gasteiger partial charge is 0.335 e. The van der Waals surface area contributed by atoms with Crippen LogP contribution in [-0.4, -0.2) is 31.6 Å². The summed E-state index contributed by atoms with van der Waals surface area (Å²) >= 11 is 0. The first-order chi connectivity index (χ1) is 13.8. The number of hydrogen-bond acceptors (Lipinski definition) is 6. The first kappa shape index (κ1) is 19.9. The minimum absolute atomic E-state index is 0.114. The van der Waals surface area contributed by atoms with E-state index >= 15 is 0 Å². The van der Waals surface area contributed by atoms with Crippen LogP contribution in [0.2, 0.25) is 0 Å². The topological polar surface area (TPSA) is 114 Å². The number of aromatic carboxylic acids is 1. The van der Waals surface area contributed by atoms with E-state index in [1.165, 1.54) is 23.7 Å². The van der Waals surface area contributed by atoms with Gasteiger partial charge in [0, 0.05) is 18.3 Å². The summed E-state index contributed by atoms with van der Waals surface area (Å²) in [7, 11) is 0. The summed E-state index contributed by atoms with van der Waals surface area (Å²) in [6.07, 6.45) is 3.22. The molecule has 0 fully saturated rings. The van der Waals surface area contributed by atoms with E-state index in [2.05, 4.69) is 15.4 Å². The Balaban J connectivity index is 2.26. The van der Waals surface area contributed by atoms with Crippen molar-refractivity contribution in [3.8, 4) is 11.3 Å². The molecule has 8 heteroatoms. The van der Waals surface area contributed by atoms with Crippen LogP contribution in [0.15, 0.2) is 47.5 Å². The maximum atomic E-state index is 13.0. The van der Waals surface area contributed by atoms with Crippen LogP contribution in [0.5, 0.6) is 0 Å². The summed E-state index contributed by atoms with van der Waals surface area (Å²) < 4.78 is 1.26. The number of carboxylic acid groups (broad SMARTS) is 1. The second kappa shape index (κ2) is 8.05. The Bertz CT molecular complexity index is 1150. The lowest BCUT2D eigenvalue weighted by Gasteiger charge is -2.17. The molecule has 0 bridgehead atoms. The van der Waals surface area contributed by atoms with Gasteiger partial charge in [0.2, 0.25) is 0 Å². The molecule has 0 amide bonds. The highest BCUT2D eigenvalue weighted by Crippen LogP contribution is 2.28. The Morgan fingerprint density at radius 3 is 2.41 bits per heavy atom. The lowest BCUT2D eigenvalue weighted by Crippen LogP contribution is -2.28. The number of carboxylic acids is 1. The third-order valence-corrected chi connectivity index (χ3v) is 4.51. The predicted octanol–water partition coefficient (Wildman–Crippen LogP) is 3.28. The Morgan fingerprint density at radius 2 is 1.86 bits per heavy atom. The fourth-order valence-electron chi connectivity index (χ4n) is 2.95.